The Morgan fingerprint density at radius 1 is 1.08 bits per heavy atom. The van der Waals surface area contributed by atoms with Crippen LogP contribution >= 0.6 is 23.2 Å². The van der Waals surface area contributed by atoms with E-state index in [4.69, 9.17) is 23.2 Å². The minimum Gasteiger partial charge on any atom is -0.508 e. The third kappa shape index (κ3) is 3.13. The normalized spacial score (nSPS) is 21.4. The molecule has 2 aromatic rings. The van der Waals surface area contributed by atoms with Gasteiger partial charge in [-0.3, -0.25) is 0 Å². The minimum atomic E-state index is -0.851. The highest BCUT2D eigenvalue weighted by Crippen LogP contribution is 2.67. The van der Waals surface area contributed by atoms with Crippen LogP contribution in [0.4, 0.5) is 5.69 Å². The molecule has 4 heteroatoms. The molecular weight excluding hydrogens is 341 g/mol. The standard InChI is InChI=1S/C20H21Cl2NO/c1-11-7-12(2)9-15(8-11)19-18(20(19,21)22)14(4)23-16-5-6-17(24)13(3)10-16/h5-10,18-19,23-24H,4H2,1-3H3. The smallest absolute Gasteiger partial charge is 0.134 e. The van der Waals surface area contributed by atoms with Crippen molar-refractivity contribution in [3.05, 3.63) is 70.9 Å². The quantitative estimate of drug-likeness (QED) is 0.530. The van der Waals surface area contributed by atoms with Crippen molar-refractivity contribution < 1.29 is 5.11 Å². The first-order chi connectivity index (χ1) is 11.2. The van der Waals surface area contributed by atoms with Crippen molar-refractivity contribution in [3.63, 3.8) is 0 Å². The average Bonchev–Trinajstić information content (AvgIpc) is 3.05. The fourth-order valence-electron chi connectivity index (χ4n) is 3.36. The van der Waals surface area contributed by atoms with Crippen molar-refractivity contribution in [2.75, 3.05) is 5.32 Å². The summed E-state index contributed by atoms with van der Waals surface area (Å²) in [5.74, 6) is 0.239. The minimum absolute atomic E-state index is 0.0256. The number of allylic oxidation sites excluding steroid dienone is 1. The second-order valence-electron chi connectivity index (χ2n) is 6.70. The molecule has 2 aromatic carbocycles. The Labute approximate surface area is 153 Å². The maximum atomic E-state index is 9.63. The van der Waals surface area contributed by atoms with E-state index >= 15 is 0 Å². The van der Waals surface area contributed by atoms with Crippen LogP contribution in [0.1, 0.15) is 28.2 Å². The number of hydrogen-bond donors (Lipinski definition) is 2. The van der Waals surface area contributed by atoms with Gasteiger partial charge in [-0.2, -0.15) is 0 Å². The molecule has 24 heavy (non-hydrogen) atoms. The highest BCUT2D eigenvalue weighted by atomic mass is 35.5. The lowest BCUT2D eigenvalue weighted by Crippen LogP contribution is -2.04. The Bertz CT molecular complexity index is 793. The molecule has 0 heterocycles. The number of rotatable bonds is 4. The highest BCUT2D eigenvalue weighted by Gasteiger charge is 2.65. The maximum Gasteiger partial charge on any atom is 0.134 e. The van der Waals surface area contributed by atoms with Gasteiger partial charge in [0.05, 0.1) is 0 Å². The number of alkyl halides is 2. The van der Waals surface area contributed by atoms with E-state index in [0.29, 0.717) is 0 Å². The van der Waals surface area contributed by atoms with Crippen molar-refractivity contribution in [1.82, 2.24) is 0 Å². The number of benzene rings is 2. The number of aryl methyl sites for hydroxylation is 3. The maximum absolute atomic E-state index is 9.63. The number of anilines is 1. The van der Waals surface area contributed by atoms with Crippen LogP contribution in [-0.2, 0) is 0 Å². The van der Waals surface area contributed by atoms with Gasteiger partial charge >= 0.3 is 0 Å². The van der Waals surface area contributed by atoms with Crippen LogP contribution in [0, 0.1) is 26.7 Å². The molecule has 2 unspecified atom stereocenters. The van der Waals surface area contributed by atoms with E-state index in [0.717, 1.165) is 22.5 Å². The summed E-state index contributed by atoms with van der Waals surface area (Å²) in [6.07, 6.45) is 0. The zero-order valence-corrected chi connectivity index (χ0v) is 15.5. The number of phenolic OH excluding ortho intramolecular Hbond substituents is 1. The number of hydrogen-bond acceptors (Lipinski definition) is 2. The monoisotopic (exact) mass is 361 g/mol. The lowest BCUT2D eigenvalue weighted by atomic mass is 10.0. The van der Waals surface area contributed by atoms with Crippen LogP contribution in [0.15, 0.2) is 48.7 Å². The molecule has 1 fully saturated rings. The molecular formula is C20H21Cl2NO. The highest BCUT2D eigenvalue weighted by molar-refractivity contribution is 6.52. The Morgan fingerprint density at radius 3 is 2.29 bits per heavy atom. The van der Waals surface area contributed by atoms with E-state index in [2.05, 4.69) is 43.9 Å². The average molecular weight is 362 g/mol. The van der Waals surface area contributed by atoms with Crippen molar-refractivity contribution in [3.8, 4) is 5.75 Å². The molecule has 0 aliphatic heterocycles. The molecule has 126 valence electrons. The van der Waals surface area contributed by atoms with Gasteiger partial charge in [0.25, 0.3) is 0 Å². The lowest BCUT2D eigenvalue weighted by Gasteiger charge is -2.11. The van der Waals surface area contributed by atoms with Crippen molar-refractivity contribution in [2.24, 2.45) is 5.92 Å². The second-order valence-corrected chi connectivity index (χ2v) is 8.15. The predicted octanol–water partition coefficient (Wildman–Crippen LogP) is 5.83. The SMILES string of the molecule is C=C(Nc1ccc(O)c(C)c1)C1C(c2cc(C)cc(C)c2)C1(Cl)Cl. The molecule has 2 nitrogen and oxygen atoms in total. The fraction of sp³-hybridized carbons (Fsp3) is 0.300. The number of halogens is 2. The van der Waals surface area contributed by atoms with E-state index in [1.165, 1.54) is 11.1 Å². The van der Waals surface area contributed by atoms with Crippen molar-refractivity contribution in [1.29, 1.82) is 0 Å². The van der Waals surface area contributed by atoms with Gasteiger partial charge in [0.2, 0.25) is 0 Å². The molecule has 0 amide bonds. The summed E-state index contributed by atoms with van der Waals surface area (Å²) < 4.78 is -0.851. The summed E-state index contributed by atoms with van der Waals surface area (Å²) in [5, 5.41) is 12.9. The Morgan fingerprint density at radius 2 is 1.71 bits per heavy atom. The lowest BCUT2D eigenvalue weighted by molar-refractivity contribution is 0.471. The van der Waals surface area contributed by atoms with Crippen molar-refractivity contribution in [2.45, 2.75) is 31.0 Å². The first kappa shape index (κ1) is 17.2. The summed E-state index contributed by atoms with van der Waals surface area (Å²) in [4.78, 5) is 0. The molecule has 0 radical (unpaired) electrons. The number of aromatic hydroxyl groups is 1. The van der Waals surface area contributed by atoms with Crippen LogP contribution in [0.2, 0.25) is 0 Å². The summed E-state index contributed by atoms with van der Waals surface area (Å²) in [6, 6.07) is 11.8. The zero-order valence-electron chi connectivity index (χ0n) is 14.0. The van der Waals surface area contributed by atoms with Gasteiger partial charge in [0.15, 0.2) is 0 Å². The van der Waals surface area contributed by atoms with Crippen LogP contribution in [0.3, 0.4) is 0 Å². The van der Waals surface area contributed by atoms with E-state index in [1.807, 2.05) is 19.1 Å². The first-order valence-electron chi connectivity index (χ1n) is 7.91. The van der Waals surface area contributed by atoms with Gasteiger partial charge in [-0.05, 0) is 50.1 Å². The molecule has 3 rings (SSSR count). The Kier molecular flexibility index (Phi) is 4.31. The Balaban J connectivity index is 1.81. The molecule has 1 aliphatic carbocycles. The number of nitrogens with one attached hydrogen (secondary N) is 1. The zero-order chi connectivity index (χ0) is 17.6. The van der Waals surface area contributed by atoms with Gasteiger partial charge in [-0.15, -0.1) is 23.2 Å². The molecule has 0 bridgehead atoms. The largest absolute Gasteiger partial charge is 0.508 e. The molecule has 0 aromatic heterocycles. The summed E-state index contributed by atoms with van der Waals surface area (Å²) in [7, 11) is 0. The third-order valence-corrected chi connectivity index (χ3v) is 5.47. The van der Waals surface area contributed by atoms with E-state index in [1.54, 1.807) is 6.07 Å². The Hall–Kier alpha value is -1.64. The van der Waals surface area contributed by atoms with Gasteiger partial charge in [-0.25, -0.2) is 0 Å². The topological polar surface area (TPSA) is 32.3 Å². The molecule has 0 saturated heterocycles. The number of phenols is 1. The van der Waals surface area contributed by atoms with Crippen LogP contribution in [-0.4, -0.2) is 9.44 Å². The van der Waals surface area contributed by atoms with E-state index in [-0.39, 0.29) is 17.6 Å². The summed E-state index contributed by atoms with van der Waals surface area (Å²) in [5.41, 5.74) is 6.00. The summed E-state index contributed by atoms with van der Waals surface area (Å²) >= 11 is 13.1. The fourth-order valence-corrected chi connectivity index (χ4v) is 4.25. The molecule has 1 saturated carbocycles. The van der Waals surface area contributed by atoms with Crippen LogP contribution in [0.25, 0.3) is 0 Å². The van der Waals surface area contributed by atoms with Gasteiger partial charge < -0.3 is 10.4 Å². The van der Waals surface area contributed by atoms with Gasteiger partial charge in [-0.1, -0.05) is 35.9 Å². The third-order valence-electron chi connectivity index (χ3n) is 4.53. The first-order valence-corrected chi connectivity index (χ1v) is 8.67. The van der Waals surface area contributed by atoms with Crippen LogP contribution < -0.4 is 5.32 Å². The van der Waals surface area contributed by atoms with Crippen LogP contribution in [0.5, 0.6) is 5.75 Å². The van der Waals surface area contributed by atoms with Gasteiger partial charge in [0.1, 0.15) is 10.1 Å². The second kappa shape index (κ2) is 6.02. The summed E-state index contributed by atoms with van der Waals surface area (Å²) in [6.45, 7) is 10.1. The molecule has 2 atom stereocenters. The molecule has 1 aliphatic rings. The van der Waals surface area contributed by atoms with Gasteiger partial charge in [0, 0.05) is 23.2 Å². The molecule has 0 spiro atoms. The molecule has 2 N–H and O–H groups in total. The van der Waals surface area contributed by atoms with Crippen molar-refractivity contribution >= 4 is 28.9 Å². The predicted molar refractivity (Wildman–Crippen MR) is 102 cm³/mol. The van der Waals surface area contributed by atoms with E-state index in [9.17, 15) is 5.11 Å². The van der Waals surface area contributed by atoms with E-state index < -0.39 is 4.33 Å².